The first kappa shape index (κ1) is 25.6. The van der Waals surface area contributed by atoms with Crippen LogP contribution in [0.2, 0.25) is 0 Å². The summed E-state index contributed by atoms with van der Waals surface area (Å²) in [5.41, 5.74) is 0.986. The van der Waals surface area contributed by atoms with Crippen molar-refractivity contribution >= 4 is 34.7 Å². The summed E-state index contributed by atoms with van der Waals surface area (Å²) in [5.74, 6) is -0.522. The SMILES string of the molecule is COC1=C(OC)C(=O)C(CCCC[PH](c2ccccc2)(c2ccccc2)c2ccccc2)=C(C)C1=O. The predicted molar refractivity (Wildman–Crippen MR) is 149 cm³/mol. The molecule has 4 nitrogen and oxygen atoms in total. The second kappa shape index (κ2) is 11.5. The molecule has 1 aliphatic rings. The Morgan fingerprint density at radius 3 is 1.44 bits per heavy atom. The Morgan fingerprint density at radius 1 is 0.611 bits per heavy atom. The van der Waals surface area contributed by atoms with E-state index >= 15 is 0 Å². The Labute approximate surface area is 214 Å². The molecule has 1 aliphatic carbocycles. The number of methoxy groups -OCH3 is 2. The molecule has 0 saturated heterocycles. The minimum atomic E-state index is -2.32. The van der Waals surface area contributed by atoms with Crippen molar-refractivity contribution in [3.8, 4) is 0 Å². The van der Waals surface area contributed by atoms with Crippen LogP contribution >= 0.6 is 7.26 Å². The zero-order valence-electron chi connectivity index (χ0n) is 21.1. The standard InChI is InChI=1S/C31H33O4P/c1-23-27(29(33)31(35-3)30(34-2)28(23)32)21-13-14-22-36(24-15-7-4-8-16-24,25-17-9-5-10-18-25)26-19-11-6-12-20-26/h4-12,15-20,36H,13-14,21-22H2,1-3H3. The van der Waals surface area contributed by atoms with E-state index in [-0.39, 0.29) is 23.1 Å². The molecule has 4 rings (SSSR count). The first-order valence-corrected chi connectivity index (χ1v) is 14.5. The zero-order valence-corrected chi connectivity index (χ0v) is 22.1. The summed E-state index contributed by atoms with van der Waals surface area (Å²) in [6.07, 6.45) is 3.25. The van der Waals surface area contributed by atoms with Gasteiger partial charge in [-0.15, -0.1) is 0 Å². The Balaban J connectivity index is 1.64. The van der Waals surface area contributed by atoms with E-state index in [0.29, 0.717) is 17.6 Å². The van der Waals surface area contributed by atoms with Crippen LogP contribution in [0.5, 0.6) is 0 Å². The van der Waals surface area contributed by atoms with E-state index in [1.807, 2.05) is 0 Å². The van der Waals surface area contributed by atoms with E-state index in [2.05, 4.69) is 91.0 Å². The number of allylic oxidation sites excluding steroid dienone is 2. The van der Waals surface area contributed by atoms with Gasteiger partial charge in [0.05, 0.1) is 0 Å². The average molecular weight is 501 g/mol. The molecule has 0 heterocycles. The van der Waals surface area contributed by atoms with Crippen molar-refractivity contribution in [3.63, 3.8) is 0 Å². The number of rotatable bonds is 10. The molecule has 0 saturated carbocycles. The molecule has 5 heteroatoms. The normalized spacial score (nSPS) is 14.8. The molecule has 0 amide bonds. The van der Waals surface area contributed by atoms with E-state index in [4.69, 9.17) is 9.47 Å². The molecule has 0 aromatic heterocycles. The number of ether oxygens (including phenoxy) is 2. The molecular weight excluding hydrogens is 467 g/mol. The molecule has 0 atom stereocenters. The second-order valence-electron chi connectivity index (χ2n) is 9.04. The number of hydrogen-bond donors (Lipinski definition) is 0. The molecule has 0 aliphatic heterocycles. The number of carbonyl (C=O) groups is 2. The summed E-state index contributed by atoms with van der Waals surface area (Å²) in [4.78, 5) is 25.8. The first-order chi connectivity index (χ1) is 17.5. The molecular formula is C31H33O4P. The van der Waals surface area contributed by atoms with Gasteiger partial charge in [-0.05, 0) is 0 Å². The molecule has 3 aromatic rings. The van der Waals surface area contributed by atoms with Crippen molar-refractivity contribution in [2.24, 2.45) is 0 Å². The van der Waals surface area contributed by atoms with Gasteiger partial charge in [0.1, 0.15) is 0 Å². The summed E-state index contributed by atoms with van der Waals surface area (Å²) in [5, 5.41) is 4.11. The Morgan fingerprint density at radius 2 is 1.03 bits per heavy atom. The Hall–Kier alpha value is -3.49. The van der Waals surface area contributed by atoms with Gasteiger partial charge < -0.3 is 0 Å². The van der Waals surface area contributed by atoms with E-state index < -0.39 is 7.26 Å². The molecule has 0 radical (unpaired) electrons. The molecule has 0 spiro atoms. The third-order valence-corrected chi connectivity index (χ3v) is 12.2. The van der Waals surface area contributed by atoms with Crippen molar-refractivity contribution in [1.29, 1.82) is 0 Å². The molecule has 0 fully saturated rings. The van der Waals surface area contributed by atoms with E-state index in [1.54, 1.807) is 6.92 Å². The number of hydrogen-bond acceptors (Lipinski definition) is 4. The summed E-state index contributed by atoms with van der Waals surface area (Å²) in [6, 6.07) is 32.4. The molecule has 0 N–H and O–H groups in total. The van der Waals surface area contributed by atoms with Crippen molar-refractivity contribution in [2.75, 3.05) is 20.4 Å². The Kier molecular flexibility index (Phi) is 8.18. The third-order valence-electron chi connectivity index (χ3n) is 7.12. The predicted octanol–water partition coefficient (Wildman–Crippen LogP) is 4.86. The average Bonchev–Trinajstić information content (AvgIpc) is 2.93. The van der Waals surface area contributed by atoms with Gasteiger partial charge in [0.2, 0.25) is 0 Å². The fourth-order valence-corrected chi connectivity index (χ4v) is 10.2. The van der Waals surface area contributed by atoms with Crippen LogP contribution in [-0.4, -0.2) is 31.9 Å². The quantitative estimate of drug-likeness (QED) is 0.227. The van der Waals surface area contributed by atoms with E-state index in [9.17, 15) is 9.59 Å². The maximum absolute atomic E-state index is 13.1. The van der Waals surface area contributed by atoms with E-state index in [0.717, 1.165) is 19.0 Å². The van der Waals surface area contributed by atoms with Gasteiger partial charge in [-0.1, -0.05) is 0 Å². The monoisotopic (exact) mass is 500 g/mol. The van der Waals surface area contributed by atoms with Gasteiger partial charge in [-0.25, -0.2) is 0 Å². The van der Waals surface area contributed by atoms with E-state index in [1.165, 1.54) is 30.1 Å². The minimum absolute atomic E-state index is 0.00433. The zero-order chi connectivity index (χ0) is 25.5. The number of Topliss-reactive ketones (excluding diaryl/α,β-unsaturated/α-hetero) is 2. The van der Waals surface area contributed by atoms with Gasteiger partial charge in [-0.2, -0.15) is 0 Å². The number of carbonyl (C=O) groups excluding carboxylic acids is 2. The van der Waals surface area contributed by atoms with Crippen molar-refractivity contribution in [3.05, 3.63) is 114 Å². The van der Waals surface area contributed by atoms with Crippen LogP contribution in [0.3, 0.4) is 0 Å². The summed E-state index contributed by atoms with van der Waals surface area (Å²) in [7, 11) is 0.471. The molecule has 186 valence electrons. The van der Waals surface area contributed by atoms with Crippen molar-refractivity contribution < 1.29 is 19.1 Å². The van der Waals surface area contributed by atoms with Crippen LogP contribution in [0, 0.1) is 0 Å². The fraction of sp³-hybridized carbons (Fsp3) is 0.226. The van der Waals surface area contributed by atoms with Crippen LogP contribution in [0.4, 0.5) is 0 Å². The maximum atomic E-state index is 13.1. The molecule has 0 unspecified atom stereocenters. The summed E-state index contributed by atoms with van der Waals surface area (Å²) < 4.78 is 10.4. The van der Waals surface area contributed by atoms with Crippen LogP contribution < -0.4 is 15.9 Å². The fourth-order valence-electron chi connectivity index (χ4n) is 5.29. The molecule has 3 aromatic carbocycles. The number of ketones is 2. The van der Waals surface area contributed by atoms with Gasteiger partial charge in [0.15, 0.2) is 0 Å². The summed E-state index contributed by atoms with van der Waals surface area (Å²) in [6.45, 7) is 1.71. The van der Waals surface area contributed by atoms with Gasteiger partial charge in [0, 0.05) is 0 Å². The van der Waals surface area contributed by atoms with Crippen LogP contribution in [0.1, 0.15) is 26.2 Å². The number of benzene rings is 3. The van der Waals surface area contributed by atoms with Gasteiger partial charge in [0.25, 0.3) is 0 Å². The topological polar surface area (TPSA) is 52.6 Å². The summed E-state index contributed by atoms with van der Waals surface area (Å²) >= 11 is 0. The molecule has 0 bridgehead atoms. The van der Waals surface area contributed by atoms with Crippen LogP contribution in [0.25, 0.3) is 0 Å². The van der Waals surface area contributed by atoms with Crippen LogP contribution in [-0.2, 0) is 19.1 Å². The molecule has 36 heavy (non-hydrogen) atoms. The third kappa shape index (κ3) is 4.79. The van der Waals surface area contributed by atoms with Gasteiger partial charge >= 0.3 is 214 Å². The Bertz CT molecular complexity index is 1180. The van der Waals surface area contributed by atoms with Crippen LogP contribution in [0.15, 0.2) is 114 Å². The second-order valence-corrected chi connectivity index (χ2v) is 13.1. The van der Waals surface area contributed by atoms with Crippen molar-refractivity contribution in [1.82, 2.24) is 0 Å². The number of unbranched alkanes of at least 4 members (excludes halogenated alkanes) is 1. The van der Waals surface area contributed by atoms with Crippen molar-refractivity contribution in [2.45, 2.75) is 26.2 Å². The first-order valence-electron chi connectivity index (χ1n) is 12.3. The van der Waals surface area contributed by atoms with Gasteiger partial charge in [-0.3, -0.25) is 0 Å².